The fraction of sp³-hybridized carbons (Fsp3) is 0.667. The Bertz CT molecular complexity index is 634. The maximum atomic E-state index is 12.1. The molecule has 29 heavy (non-hydrogen) atoms. The molecule has 0 aliphatic carbocycles. The van der Waals surface area contributed by atoms with Crippen molar-refractivity contribution in [1.29, 1.82) is 0 Å². The van der Waals surface area contributed by atoms with Crippen molar-refractivity contribution < 1.29 is 19.4 Å². The van der Waals surface area contributed by atoms with Gasteiger partial charge < -0.3 is 15.6 Å². The molecule has 0 fully saturated rings. The van der Waals surface area contributed by atoms with Crippen LogP contribution in [0, 0.1) is 18.3 Å². The second-order valence-electron chi connectivity index (χ2n) is 8.56. The molecule has 0 spiro atoms. The van der Waals surface area contributed by atoms with E-state index in [1.54, 1.807) is 13.8 Å². The number of carboxylic acid groups (broad SMARTS) is 1. The van der Waals surface area contributed by atoms with Gasteiger partial charge >= 0.3 is 11.9 Å². The lowest BCUT2D eigenvalue weighted by atomic mass is 9.73. The van der Waals surface area contributed by atoms with E-state index in [-0.39, 0.29) is 11.5 Å². The minimum absolute atomic E-state index is 0.217. The van der Waals surface area contributed by atoms with Crippen LogP contribution in [0.1, 0.15) is 84.8 Å². The number of aryl methyl sites for hydroxylation is 1. The van der Waals surface area contributed by atoms with E-state index < -0.39 is 17.4 Å². The normalized spacial score (nSPS) is 13.3. The minimum atomic E-state index is -1.39. The van der Waals surface area contributed by atoms with Gasteiger partial charge in [0.05, 0.1) is 6.61 Å². The van der Waals surface area contributed by atoms with Crippen LogP contribution in [0.3, 0.4) is 0 Å². The molecule has 5 heteroatoms. The molecule has 0 aromatic heterocycles. The third kappa shape index (κ3) is 8.17. The predicted molar refractivity (Wildman–Crippen MR) is 119 cm³/mol. The van der Waals surface area contributed by atoms with E-state index in [1.807, 2.05) is 39.8 Å². The maximum Gasteiger partial charge on any atom is 0.323 e. The van der Waals surface area contributed by atoms with Crippen molar-refractivity contribution in [3.8, 4) is 0 Å². The second kappa shape index (κ2) is 12.6. The standard InChI is InChI=1S/C14H26O4.C10H15N/c1-5-7-9-14(11(3)4,12(15)16)13(17)18-10-8-6-2;1-8-6-4-5-7-9(8)10(2,3)11/h11H,5-10H2,1-4H3,(H,15,16);4-7H,11H2,1-3H3. The molecule has 0 saturated carbocycles. The van der Waals surface area contributed by atoms with E-state index in [4.69, 9.17) is 10.5 Å². The number of hydrogen-bond donors (Lipinski definition) is 2. The molecule has 1 rings (SSSR count). The number of carbonyl (C=O) groups excluding carboxylic acids is 1. The van der Waals surface area contributed by atoms with Crippen LogP contribution in [0.15, 0.2) is 24.3 Å². The summed E-state index contributed by atoms with van der Waals surface area (Å²) in [5.41, 5.74) is 6.84. The monoisotopic (exact) mass is 407 g/mol. The molecule has 5 nitrogen and oxygen atoms in total. The van der Waals surface area contributed by atoms with E-state index in [0.29, 0.717) is 19.4 Å². The van der Waals surface area contributed by atoms with Crippen LogP contribution in [0.25, 0.3) is 0 Å². The number of aliphatic carboxylic acids is 1. The number of carboxylic acids is 1. The zero-order valence-electron chi connectivity index (χ0n) is 19.4. The molecule has 0 aliphatic rings. The summed E-state index contributed by atoms with van der Waals surface area (Å²) in [6.45, 7) is 14.0. The van der Waals surface area contributed by atoms with Crippen molar-refractivity contribution in [1.82, 2.24) is 0 Å². The molecule has 166 valence electrons. The van der Waals surface area contributed by atoms with Gasteiger partial charge in [-0.15, -0.1) is 0 Å². The average Bonchev–Trinajstić information content (AvgIpc) is 2.62. The van der Waals surface area contributed by atoms with Gasteiger partial charge in [-0.2, -0.15) is 0 Å². The van der Waals surface area contributed by atoms with Crippen LogP contribution in [-0.4, -0.2) is 23.7 Å². The molecular weight excluding hydrogens is 366 g/mol. The van der Waals surface area contributed by atoms with Gasteiger partial charge in [0, 0.05) is 5.54 Å². The van der Waals surface area contributed by atoms with Crippen molar-refractivity contribution >= 4 is 11.9 Å². The first kappa shape index (κ1) is 27.1. The van der Waals surface area contributed by atoms with E-state index >= 15 is 0 Å². The lowest BCUT2D eigenvalue weighted by Gasteiger charge is -2.30. The Morgan fingerprint density at radius 2 is 1.66 bits per heavy atom. The van der Waals surface area contributed by atoms with E-state index in [9.17, 15) is 14.7 Å². The summed E-state index contributed by atoms with van der Waals surface area (Å²) in [7, 11) is 0. The Morgan fingerprint density at radius 3 is 2.03 bits per heavy atom. The number of carbonyl (C=O) groups is 2. The van der Waals surface area contributed by atoms with E-state index in [2.05, 4.69) is 19.1 Å². The van der Waals surface area contributed by atoms with Crippen molar-refractivity contribution in [2.45, 2.75) is 86.1 Å². The van der Waals surface area contributed by atoms with Crippen LogP contribution < -0.4 is 5.73 Å². The van der Waals surface area contributed by atoms with Gasteiger partial charge in [0.2, 0.25) is 0 Å². The third-order valence-corrected chi connectivity index (χ3v) is 5.23. The first-order valence-electron chi connectivity index (χ1n) is 10.7. The SMILES string of the molecule is CCCCOC(=O)C(CCCC)(C(=O)O)C(C)C.Cc1ccccc1C(C)(C)N. The molecule has 1 aromatic rings. The van der Waals surface area contributed by atoms with Crippen LogP contribution in [0.4, 0.5) is 0 Å². The number of unbranched alkanes of at least 4 members (excludes halogenated alkanes) is 2. The zero-order chi connectivity index (χ0) is 22.7. The topological polar surface area (TPSA) is 89.6 Å². The molecule has 0 aliphatic heterocycles. The summed E-state index contributed by atoms with van der Waals surface area (Å²) in [4.78, 5) is 23.7. The Kier molecular flexibility index (Phi) is 11.8. The molecule has 1 unspecified atom stereocenters. The Labute approximate surface area is 177 Å². The van der Waals surface area contributed by atoms with Crippen molar-refractivity contribution in [2.75, 3.05) is 6.61 Å². The highest BCUT2D eigenvalue weighted by atomic mass is 16.5. The van der Waals surface area contributed by atoms with Crippen LogP contribution >= 0.6 is 0 Å². The molecule has 0 saturated heterocycles. The molecule has 0 amide bonds. The quantitative estimate of drug-likeness (QED) is 0.306. The molecule has 0 bridgehead atoms. The Balaban J connectivity index is 0.000000604. The van der Waals surface area contributed by atoms with Gasteiger partial charge in [0.25, 0.3) is 0 Å². The highest BCUT2D eigenvalue weighted by molar-refractivity contribution is 5.99. The maximum absolute atomic E-state index is 12.1. The van der Waals surface area contributed by atoms with Crippen LogP contribution in [0.2, 0.25) is 0 Å². The number of rotatable bonds is 10. The first-order valence-corrected chi connectivity index (χ1v) is 10.7. The van der Waals surface area contributed by atoms with Crippen LogP contribution in [0.5, 0.6) is 0 Å². The van der Waals surface area contributed by atoms with E-state index in [0.717, 1.165) is 19.3 Å². The lowest BCUT2D eigenvalue weighted by Crippen LogP contribution is -2.45. The van der Waals surface area contributed by atoms with Crippen LogP contribution in [-0.2, 0) is 19.9 Å². The average molecular weight is 408 g/mol. The number of ether oxygens (including phenoxy) is 1. The highest BCUT2D eigenvalue weighted by Crippen LogP contribution is 2.35. The number of benzene rings is 1. The van der Waals surface area contributed by atoms with Gasteiger partial charge in [0.1, 0.15) is 0 Å². The number of esters is 1. The summed E-state index contributed by atoms with van der Waals surface area (Å²) in [5.74, 6) is -1.91. The largest absolute Gasteiger partial charge is 0.480 e. The molecule has 1 atom stereocenters. The van der Waals surface area contributed by atoms with Gasteiger partial charge in [-0.3, -0.25) is 9.59 Å². The Morgan fingerprint density at radius 1 is 1.10 bits per heavy atom. The number of nitrogens with two attached hydrogens (primary N) is 1. The lowest BCUT2D eigenvalue weighted by molar-refractivity contribution is -0.173. The fourth-order valence-corrected chi connectivity index (χ4v) is 3.26. The van der Waals surface area contributed by atoms with Gasteiger partial charge in [-0.25, -0.2) is 0 Å². The highest BCUT2D eigenvalue weighted by Gasteiger charge is 2.49. The van der Waals surface area contributed by atoms with Crippen molar-refractivity contribution in [3.05, 3.63) is 35.4 Å². The first-order chi connectivity index (χ1) is 13.4. The number of hydrogen-bond acceptors (Lipinski definition) is 4. The van der Waals surface area contributed by atoms with Gasteiger partial charge in [0.15, 0.2) is 5.41 Å². The summed E-state index contributed by atoms with van der Waals surface area (Å²) < 4.78 is 5.15. The zero-order valence-corrected chi connectivity index (χ0v) is 19.4. The summed E-state index contributed by atoms with van der Waals surface area (Å²) in [6.07, 6.45) is 3.62. The summed E-state index contributed by atoms with van der Waals surface area (Å²) >= 11 is 0. The summed E-state index contributed by atoms with van der Waals surface area (Å²) in [6, 6.07) is 8.22. The summed E-state index contributed by atoms with van der Waals surface area (Å²) in [5, 5.41) is 9.45. The van der Waals surface area contributed by atoms with Gasteiger partial charge in [-0.1, -0.05) is 71.2 Å². The smallest absolute Gasteiger partial charge is 0.323 e. The van der Waals surface area contributed by atoms with Crippen molar-refractivity contribution in [2.24, 2.45) is 17.1 Å². The van der Waals surface area contributed by atoms with Gasteiger partial charge in [-0.05, 0) is 50.7 Å². The molecule has 1 aromatic carbocycles. The molecule has 3 N–H and O–H groups in total. The molecule has 0 heterocycles. The second-order valence-corrected chi connectivity index (χ2v) is 8.56. The third-order valence-electron chi connectivity index (χ3n) is 5.23. The molecule has 0 radical (unpaired) electrons. The predicted octanol–water partition coefficient (Wildman–Crippen LogP) is 5.44. The van der Waals surface area contributed by atoms with Crippen molar-refractivity contribution in [3.63, 3.8) is 0 Å². The minimum Gasteiger partial charge on any atom is -0.480 e. The molecular formula is C24H41NO4. The van der Waals surface area contributed by atoms with E-state index in [1.165, 1.54) is 11.1 Å². The Hall–Kier alpha value is -1.88. The fourth-order valence-electron chi connectivity index (χ4n) is 3.26.